The van der Waals surface area contributed by atoms with Crippen LogP contribution in [0.5, 0.6) is 0 Å². The summed E-state index contributed by atoms with van der Waals surface area (Å²) in [5.74, 6) is 0.297. The Morgan fingerprint density at radius 1 is 1.25 bits per heavy atom. The number of aryl methyl sites for hydroxylation is 1. The molecule has 0 saturated heterocycles. The molecular weight excluding hydrogens is 200 g/mol. The Labute approximate surface area is 97.3 Å². The quantitative estimate of drug-likeness (QED) is 0.800. The molecule has 2 heteroatoms. The molecule has 88 valence electrons. The van der Waals surface area contributed by atoms with Crippen LogP contribution < -0.4 is 0 Å². The van der Waals surface area contributed by atoms with E-state index in [1.807, 2.05) is 44.2 Å². The highest BCUT2D eigenvalue weighted by atomic mass is 16.3. The summed E-state index contributed by atoms with van der Waals surface area (Å²) in [4.78, 5) is 11.6. The molecule has 0 amide bonds. The molecule has 2 nitrogen and oxygen atoms in total. The largest absolute Gasteiger partial charge is 0.392 e. The molecule has 1 rings (SSSR count). The second kappa shape index (κ2) is 6.44. The van der Waals surface area contributed by atoms with Gasteiger partial charge in [-0.2, -0.15) is 0 Å². The average Bonchev–Trinajstić information content (AvgIpc) is 2.27. The number of Topliss-reactive ketones (excluding diaryl/α,β-unsaturated/α-hetero) is 1. The molecule has 0 aromatic heterocycles. The van der Waals surface area contributed by atoms with E-state index in [4.69, 9.17) is 0 Å². The van der Waals surface area contributed by atoms with Crippen molar-refractivity contribution in [1.82, 2.24) is 0 Å². The van der Waals surface area contributed by atoms with E-state index in [9.17, 15) is 9.90 Å². The van der Waals surface area contributed by atoms with Crippen LogP contribution >= 0.6 is 0 Å². The molecule has 0 aliphatic carbocycles. The van der Waals surface area contributed by atoms with Gasteiger partial charge in [0.25, 0.3) is 0 Å². The second-order valence-corrected chi connectivity index (χ2v) is 4.54. The Morgan fingerprint density at radius 3 is 2.44 bits per heavy atom. The number of aliphatic hydroxyl groups is 1. The summed E-state index contributed by atoms with van der Waals surface area (Å²) in [6.45, 7) is 3.85. The number of carbonyl (C=O) groups excluding carboxylic acids is 1. The standard InChI is InChI=1S/C14H20O2/c1-11(2)14(16)10-13(15)9-8-12-6-4-3-5-7-12/h3-7,11,14,16H,8-10H2,1-2H3. The molecule has 0 radical (unpaired) electrons. The van der Waals surface area contributed by atoms with Crippen molar-refractivity contribution in [2.45, 2.75) is 39.2 Å². The van der Waals surface area contributed by atoms with E-state index in [2.05, 4.69) is 0 Å². The number of rotatable bonds is 6. The lowest BCUT2D eigenvalue weighted by molar-refractivity contribution is -0.121. The van der Waals surface area contributed by atoms with Gasteiger partial charge < -0.3 is 5.11 Å². The molecule has 1 atom stereocenters. The van der Waals surface area contributed by atoms with Gasteiger partial charge >= 0.3 is 0 Å². The predicted molar refractivity (Wildman–Crippen MR) is 65.2 cm³/mol. The highest BCUT2D eigenvalue weighted by Gasteiger charge is 2.13. The van der Waals surface area contributed by atoms with E-state index in [0.29, 0.717) is 6.42 Å². The summed E-state index contributed by atoms with van der Waals surface area (Å²) >= 11 is 0. The second-order valence-electron chi connectivity index (χ2n) is 4.54. The van der Waals surface area contributed by atoms with Gasteiger partial charge in [0, 0.05) is 12.8 Å². The fourth-order valence-electron chi connectivity index (χ4n) is 1.50. The van der Waals surface area contributed by atoms with Crippen LogP contribution in [0.25, 0.3) is 0 Å². The minimum atomic E-state index is -0.497. The number of carbonyl (C=O) groups is 1. The van der Waals surface area contributed by atoms with E-state index >= 15 is 0 Å². The van der Waals surface area contributed by atoms with E-state index in [1.165, 1.54) is 5.56 Å². The molecule has 0 aliphatic heterocycles. The van der Waals surface area contributed by atoms with E-state index < -0.39 is 6.10 Å². The zero-order chi connectivity index (χ0) is 12.0. The molecule has 0 bridgehead atoms. The maximum atomic E-state index is 11.6. The molecule has 0 fully saturated rings. The van der Waals surface area contributed by atoms with Gasteiger partial charge in [0.2, 0.25) is 0 Å². The Balaban J connectivity index is 2.31. The summed E-state index contributed by atoms with van der Waals surface area (Å²) in [6.07, 6.45) is 1.08. The first-order valence-electron chi connectivity index (χ1n) is 5.83. The van der Waals surface area contributed by atoms with E-state index in [-0.39, 0.29) is 18.1 Å². The van der Waals surface area contributed by atoms with Gasteiger partial charge in [-0.15, -0.1) is 0 Å². The molecule has 16 heavy (non-hydrogen) atoms. The predicted octanol–water partition coefficient (Wildman–Crippen LogP) is 2.60. The minimum Gasteiger partial charge on any atom is -0.392 e. The van der Waals surface area contributed by atoms with Gasteiger partial charge in [-0.05, 0) is 17.9 Å². The molecule has 0 saturated carbocycles. The highest BCUT2D eigenvalue weighted by Crippen LogP contribution is 2.09. The molecular formula is C14H20O2. The Kier molecular flexibility index (Phi) is 5.20. The third kappa shape index (κ3) is 4.58. The summed E-state index contributed by atoms with van der Waals surface area (Å²) in [5.41, 5.74) is 1.18. The van der Waals surface area contributed by atoms with Gasteiger partial charge in [-0.3, -0.25) is 4.79 Å². The van der Waals surface area contributed by atoms with Crippen molar-refractivity contribution in [2.24, 2.45) is 5.92 Å². The summed E-state index contributed by atoms with van der Waals surface area (Å²) < 4.78 is 0. The van der Waals surface area contributed by atoms with Crippen LogP contribution in [0.15, 0.2) is 30.3 Å². The van der Waals surface area contributed by atoms with E-state index in [1.54, 1.807) is 0 Å². The van der Waals surface area contributed by atoms with Gasteiger partial charge in [0.15, 0.2) is 0 Å². The monoisotopic (exact) mass is 220 g/mol. The minimum absolute atomic E-state index is 0.144. The number of benzene rings is 1. The lowest BCUT2D eigenvalue weighted by Gasteiger charge is -2.13. The van der Waals surface area contributed by atoms with Crippen LogP contribution in [0.1, 0.15) is 32.3 Å². The summed E-state index contributed by atoms with van der Waals surface area (Å²) in [5, 5.41) is 9.57. The SMILES string of the molecule is CC(C)C(O)CC(=O)CCc1ccccc1. The molecule has 1 aromatic rings. The zero-order valence-electron chi connectivity index (χ0n) is 10.0. The number of hydrogen-bond donors (Lipinski definition) is 1. The van der Waals surface area contributed by atoms with Crippen LogP contribution in [0.2, 0.25) is 0 Å². The van der Waals surface area contributed by atoms with Crippen molar-refractivity contribution in [1.29, 1.82) is 0 Å². The lowest BCUT2D eigenvalue weighted by atomic mass is 9.98. The molecule has 1 unspecified atom stereocenters. The van der Waals surface area contributed by atoms with Crippen LogP contribution in [0.3, 0.4) is 0 Å². The first-order valence-corrected chi connectivity index (χ1v) is 5.83. The highest BCUT2D eigenvalue weighted by molar-refractivity contribution is 5.79. The lowest BCUT2D eigenvalue weighted by Crippen LogP contribution is -2.19. The van der Waals surface area contributed by atoms with E-state index in [0.717, 1.165) is 6.42 Å². The third-order valence-electron chi connectivity index (χ3n) is 2.74. The maximum Gasteiger partial charge on any atom is 0.135 e. The number of hydrogen-bond acceptors (Lipinski definition) is 2. The van der Waals surface area contributed by atoms with Crippen molar-refractivity contribution in [2.75, 3.05) is 0 Å². The van der Waals surface area contributed by atoms with Gasteiger partial charge in [-0.1, -0.05) is 44.2 Å². The first kappa shape index (κ1) is 12.9. The molecule has 1 aromatic carbocycles. The first-order chi connectivity index (χ1) is 7.59. The van der Waals surface area contributed by atoms with Crippen LogP contribution in [-0.2, 0) is 11.2 Å². The van der Waals surface area contributed by atoms with Crippen molar-refractivity contribution < 1.29 is 9.90 Å². The normalized spacial score (nSPS) is 12.8. The summed E-state index contributed by atoms with van der Waals surface area (Å²) in [6, 6.07) is 9.96. The van der Waals surface area contributed by atoms with Crippen molar-refractivity contribution >= 4 is 5.78 Å². The average molecular weight is 220 g/mol. The van der Waals surface area contributed by atoms with Crippen LogP contribution in [0.4, 0.5) is 0 Å². The number of aliphatic hydroxyl groups excluding tert-OH is 1. The fraction of sp³-hybridized carbons (Fsp3) is 0.500. The van der Waals surface area contributed by atoms with Crippen molar-refractivity contribution in [3.8, 4) is 0 Å². The van der Waals surface area contributed by atoms with Crippen LogP contribution in [-0.4, -0.2) is 17.0 Å². The smallest absolute Gasteiger partial charge is 0.135 e. The van der Waals surface area contributed by atoms with Crippen LogP contribution in [0, 0.1) is 5.92 Å². The van der Waals surface area contributed by atoms with Crippen molar-refractivity contribution in [3.63, 3.8) is 0 Å². The molecule has 0 aliphatic rings. The molecule has 0 heterocycles. The Morgan fingerprint density at radius 2 is 1.88 bits per heavy atom. The Bertz CT molecular complexity index is 317. The summed E-state index contributed by atoms with van der Waals surface area (Å²) in [7, 11) is 0. The fourth-order valence-corrected chi connectivity index (χ4v) is 1.50. The van der Waals surface area contributed by atoms with Gasteiger partial charge in [-0.25, -0.2) is 0 Å². The maximum absolute atomic E-state index is 11.6. The van der Waals surface area contributed by atoms with Gasteiger partial charge in [0.05, 0.1) is 6.10 Å². The molecule has 0 spiro atoms. The topological polar surface area (TPSA) is 37.3 Å². The zero-order valence-corrected chi connectivity index (χ0v) is 10.0. The third-order valence-corrected chi connectivity index (χ3v) is 2.74. The van der Waals surface area contributed by atoms with Crippen molar-refractivity contribution in [3.05, 3.63) is 35.9 Å². The molecule has 1 N–H and O–H groups in total. The number of ketones is 1. The van der Waals surface area contributed by atoms with Gasteiger partial charge in [0.1, 0.15) is 5.78 Å². The Hall–Kier alpha value is -1.15.